The third-order valence-corrected chi connectivity index (χ3v) is 8.97. The first-order chi connectivity index (χ1) is 20.5. The molecule has 6 rings (SSSR count). The topological polar surface area (TPSA) is 92.6 Å². The molecule has 3 N–H and O–H groups in total. The average Bonchev–Trinajstić information content (AvgIpc) is 3.40. The van der Waals surface area contributed by atoms with Crippen molar-refractivity contribution in [2.45, 2.75) is 58.3 Å². The number of halogens is 1. The van der Waals surface area contributed by atoms with Crippen LogP contribution in [0.15, 0.2) is 53.5 Å². The van der Waals surface area contributed by atoms with Gasteiger partial charge in [-0.1, -0.05) is 63.3 Å². The van der Waals surface area contributed by atoms with Gasteiger partial charge >= 0.3 is 0 Å². The molecule has 1 fully saturated rings. The third kappa shape index (κ3) is 5.36. The smallest absolute Gasteiger partial charge is 0.256 e. The molecule has 0 bridgehead atoms. The highest BCUT2D eigenvalue weighted by Crippen LogP contribution is 2.46. The number of rotatable bonds is 11. The molecule has 42 heavy (non-hydrogen) atoms. The Bertz CT molecular complexity index is 1700. The molecule has 0 spiro atoms. The maximum Gasteiger partial charge on any atom is 0.256 e. The van der Waals surface area contributed by atoms with Crippen LogP contribution in [0, 0.1) is 17.7 Å². The van der Waals surface area contributed by atoms with E-state index in [0.29, 0.717) is 41.9 Å². The maximum atomic E-state index is 15.7. The molecule has 2 atom stereocenters. The fraction of sp³-hybridized carbons (Fsp3) is 0.412. The summed E-state index contributed by atoms with van der Waals surface area (Å²) in [5, 5.41) is 17.2. The van der Waals surface area contributed by atoms with Gasteiger partial charge in [0.05, 0.1) is 11.1 Å². The molecule has 1 aliphatic carbocycles. The van der Waals surface area contributed by atoms with Gasteiger partial charge in [-0.05, 0) is 60.1 Å². The van der Waals surface area contributed by atoms with E-state index >= 15 is 4.39 Å². The Labute approximate surface area is 244 Å². The number of aliphatic hydroxyl groups excluding tert-OH is 1. The number of ether oxygens (including phenoxy) is 1. The molecular formula is C34H38FN3O4. The second-order valence-electron chi connectivity index (χ2n) is 11.7. The van der Waals surface area contributed by atoms with Crippen molar-refractivity contribution in [1.82, 2.24) is 9.88 Å². The number of hydrogen-bond donors (Lipinski definition) is 3. The lowest BCUT2D eigenvalue weighted by atomic mass is 9.95. The maximum absolute atomic E-state index is 15.7. The van der Waals surface area contributed by atoms with E-state index in [4.69, 9.17) is 9.84 Å². The van der Waals surface area contributed by atoms with E-state index in [1.54, 1.807) is 10.8 Å². The van der Waals surface area contributed by atoms with Gasteiger partial charge in [0.1, 0.15) is 16.8 Å². The number of nitrogens with one attached hydrogen (secondary N) is 2. The van der Waals surface area contributed by atoms with Crippen LogP contribution >= 0.6 is 0 Å². The van der Waals surface area contributed by atoms with E-state index in [9.17, 15) is 9.59 Å². The van der Waals surface area contributed by atoms with Gasteiger partial charge < -0.3 is 25.0 Å². The number of pyridine rings is 1. The summed E-state index contributed by atoms with van der Waals surface area (Å²) in [5.74, 6) is 0.935. The van der Waals surface area contributed by atoms with Crippen LogP contribution in [-0.4, -0.2) is 35.3 Å². The number of aliphatic hydroxyl groups is 1. The lowest BCUT2D eigenvalue weighted by Crippen LogP contribution is -2.32. The fourth-order valence-electron chi connectivity index (χ4n) is 6.55. The standard InChI is InChI=1S/C34H38FN3O4/c1-21-9-8-12-22(21)13-15-37-34(41)26-20-38-28-17-23-10-4-5-11-24(23)18-29(28)42-33-30(36-14-6-2-3-7-16-39)27(35)19-25(31(33)38)32(26)40/h4-5,10-11,17-22,36,39H,2-3,6-9,12-16H2,1H3,(H,37,41). The highest BCUT2D eigenvalue weighted by atomic mass is 19.1. The number of benzene rings is 3. The number of unbranched alkanes of at least 4 members (excludes halogenated alkanes) is 3. The molecule has 220 valence electrons. The summed E-state index contributed by atoms with van der Waals surface area (Å²) < 4.78 is 23.8. The van der Waals surface area contributed by atoms with Gasteiger partial charge in [0, 0.05) is 25.9 Å². The number of carbonyl (C=O) groups is 1. The molecule has 1 saturated carbocycles. The van der Waals surface area contributed by atoms with Crippen molar-refractivity contribution in [1.29, 1.82) is 0 Å². The number of carbonyl (C=O) groups excluding carboxylic acids is 1. The van der Waals surface area contributed by atoms with E-state index in [0.717, 1.165) is 42.9 Å². The van der Waals surface area contributed by atoms with Gasteiger partial charge in [-0.25, -0.2) is 4.39 Å². The SMILES string of the molecule is CC1CCCC1CCNC(=O)c1cn2c3c(c(NCCCCCCO)c(F)cc3c1=O)Oc1cc3ccccc3cc1-2. The summed E-state index contributed by atoms with van der Waals surface area (Å²) in [6.45, 7) is 3.43. The van der Waals surface area contributed by atoms with Crippen molar-refractivity contribution in [3.8, 4) is 17.2 Å². The van der Waals surface area contributed by atoms with Gasteiger partial charge in [-0.3, -0.25) is 9.59 Å². The molecule has 1 amide bonds. The zero-order valence-electron chi connectivity index (χ0n) is 24.0. The molecule has 3 aromatic carbocycles. The van der Waals surface area contributed by atoms with E-state index in [-0.39, 0.29) is 29.0 Å². The van der Waals surface area contributed by atoms with Crippen LogP contribution in [0.25, 0.3) is 27.4 Å². The van der Waals surface area contributed by atoms with Crippen LogP contribution in [0.5, 0.6) is 11.5 Å². The number of hydrogen-bond acceptors (Lipinski definition) is 5. The zero-order valence-corrected chi connectivity index (χ0v) is 24.0. The minimum Gasteiger partial charge on any atom is -0.451 e. The minimum atomic E-state index is -0.603. The highest BCUT2D eigenvalue weighted by Gasteiger charge is 2.29. The second kappa shape index (κ2) is 12.1. The summed E-state index contributed by atoms with van der Waals surface area (Å²) in [4.78, 5) is 27.1. The first-order valence-corrected chi connectivity index (χ1v) is 15.2. The summed E-state index contributed by atoms with van der Waals surface area (Å²) in [5.41, 5.74) is 0.777. The number of aromatic nitrogens is 1. The van der Waals surface area contributed by atoms with Crippen molar-refractivity contribution in [2.24, 2.45) is 11.8 Å². The Kier molecular flexibility index (Phi) is 8.16. The van der Waals surface area contributed by atoms with Crippen LogP contribution in [0.4, 0.5) is 10.1 Å². The van der Waals surface area contributed by atoms with E-state index in [1.807, 2.05) is 36.4 Å². The highest BCUT2D eigenvalue weighted by molar-refractivity contribution is 6.02. The Morgan fingerprint density at radius 2 is 1.86 bits per heavy atom. The monoisotopic (exact) mass is 571 g/mol. The second-order valence-corrected chi connectivity index (χ2v) is 11.7. The van der Waals surface area contributed by atoms with Crippen LogP contribution < -0.4 is 20.8 Å². The molecule has 1 aromatic heterocycles. The molecule has 8 heteroatoms. The summed E-state index contributed by atoms with van der Waals surface area (Å²) in [6.07, 6.45) is 9.40. The minimum absolute atomic E-state index is 0.0158. The molecule has 2 heterocycles. The summed E-state index contributed by atoms with van der Waals surface area (Å²) in [7, 11) is 0. The van der Waals surface area contributed by atoms with Gasteiger partial charge in [0.25, 0.3) is 5.91 Å². The number of amides is 1. The Balaban J connectivity index is 1.40. The van der Waals surface area contributed by atoms with E-state index in [2.05, 4.69) is 17.6 Å². The van der Waals surface area contributed by atoms with Gasteiger partial charge in [0.2, 0.25) is 5.43 Å². The quantitative estimate of drug-likeness (QED) is 0.150. The van der Waals surface area contributed by atoms with Crippen LogP contribution in [0.3, 0.4) is 0 Å². The average molecular weight is 572 g/mol. The Hall–Kier alpha value is -3.91. The lowest BCUT2D eigenvalue weighted by molar-refractivity contribution is 0.0949. The van der Waals surface area contributed by atoms with Crippen molar-refractivity contribution in [2.75, 3.05) is 25.0 Å². The van der Waals surface area contributed by atoms with Gasteiger partial charge in [-0.15, -0.1) is 0 Å². The van der Waals surface area contributed by atoms with E-state index < -0.39 is 17.2 Å². The van der Waals surface area contributed by atoms with Crippen LogP contribution in [-0.2, 0) is 0 Å². The molecule has 2 unspecified atom stereocenters. The Morgan fingerprint density at radius 3 is 2.62 bits per heavy atom. The third-order valence-electron chi connectivity index (χ3n) is 8.97. The molecule has 7 nitrogen and oxygen atoms in total. The van der Waals surface area contributed by atoms with Crippen molar-refractivity contribution >= 4 is 33.3 Å². The first-order valence-electron chi connectivity index (χ1n) is 15.2. The first kappa shape index (κ1) is 28.2. The Morgan fingerprint density at radius 1 is 1.07 bits per heavy atom. The summed E-state index contributed by atoms with van der Waals surface area (Å²) >= 11 is 0. The molecule has 0 saturated heterocycles. The van der Waals surface area contributed by atoms with Crippen molar-refractivity contribution in [3.63, 3.8) is 0 Å². The molecular weight excluding hydrogens is 533 g/mol. The predicted molar refractivity (Wildman–Crippen MR) is 165 cm³/mol. The molecule has 2 aliphatic rings. The van der Waals surface area contributed by atoms with Crippen molar-refractivity contribution < 1.29 is 19.0 Å². The normalized spacial score (nSPS) is 17.3. The van der Waals surface area contributed by atoms with Gasteiger partial charge in [0.15, 0.2) is 17.3 Å². The van der Waals surface area contributed by atoms with Crippen LogP contribution in [0.1, 0.15) is 68.6 Å². The zero-order chi connectivity index (χ0) is 29.2. The number of nitrogens with zero attached hydrogens (tertiary/aromatic N) is 1. The van der Waals surface area contributed by atoms with Gasteiger partial charge in [-0.2, -0.15) is 0 Å². The number of fused-ring (bicyclic) bond motifs is 3. The summed E-state index contributed by atoms with van der Waals surface area (Å²) in [6, 6.07) is 13.0. The van der Waals surface area contributed by atoms with E-state index in [1.165, 1.54) is 25.3 Å². The largest absolute Gasteiger partial charge is 0.451 e. The molecule has 0 radical (unpaired) electrons. The van der Waals surface area contributed by atoms with Crippen molar-refractivity contribution in [3.05, 3.63) is 70.3 Å². The molecule has 4 aromatic rings. The fourth-order valence-corrected chi connectivity index (χ4v) is 6.55. The number of anilines is 1. The van der Waals surface area contributed by atoms with Crippen LogP contribution in [0.2, 0.25) is 0 Å². The predicted octanol–water partition coefficient (Wildman–Crippen LogP) is 6.91. The lowest BCUT2D eigenvalue weighted by Gasteiger charge is -2.26. The molecule has 1 aliphatic heterocycles.